The van der Waals surface area contributed by atoms with Crippen LogP contribution in [0, 0.1) is 6.92 Å². The van der Waals surface area contributed by atoms with Gasteiger partial charge in [-0.2, -0.15) is 18.2 Å². The summed E-state index contributed by atoms with van der Waals surface area (Å²) >= 11 is 0.912. The Labute approximate surface area is 194 Å². The fourth-order valence-electron chi connectivity index (χ4n) is 3.45. The molecule has 0 saturated heterocycles. The van der Waals surface area contributed by atoms with Gasteiger partial charge in [0.15, 0.2) is 0 Å². The van der Waals surface area contributed by atoms with Crippen LogP contribution in [0.1, 0.15) is 11.1 Å². The van der Waals surface area contributed by atoms with E-state index in [-0.39, 0.29) is 15.9 Å². The zero-order chi connectivity index (χ0) is 24.3. The third-order valence-electron chi connectivity index (χ3n) is 5.06. The van der Waals surface area contributed by atoms with Crippen LogP contribution in [0.3, 0.4) is 0 Å². The zero-order valence-electron chi connectivity index (χ0n) is 17.2. The average Bonchev–Trinajstić information content (AvgIpc) is 3.51. The summed E-state index contributed by atoms with van der Waals surface area (Å²) in [6.07, 6.45) is -1.15. The molecule has 0 aliphatic carbocycles. The minimum atomic E-state index is -4.41. The van der Waals surface area contributed by atoms with Crippen LogP contribution in [-0.2, 0) is 16.2 Å². The topological polar surface area (TPSA) is 116 Å². The van der Waals surface area contributed by atoms with Crippen molar-refractivity contribution in [2.45, 2.75) is 17.3 Å². The summed E-state index contributed by atoms with van der Waals surface area (Å²) in [5, 5.41) is 9.07. The van der Waals surface area contributed by atoms with Crippen LogP contribution in [0.4, 0.5) is 13.2 Å². The highest BCUT2D eigenvalue weighted by Crippen LogP contribution is 2.33. The van der Waals surface area contributed by atoms with Gasteiger partial charge in [0.1, 0.15) is 15.6 Å². The van der Waals surface area contributed by atoms with Gasteiger partial charge in [0.05, 0.1) is 16.6 Å². The number of hydrogen-bond donors (Lipinski definition) is 1. The normalized spacial score (nSPS) is 12.5. The molecule has 5 aromatic rings. The van der Waals surface area contributed by atoms with E-state index in [1.807, 2.05) is 13.0 Å². The maximum absolute atomic E-state index is 12.9. The van der Waals surface area contributed by atoms with Gasteiger partial charge in [0, 0.05) is 6.20 Å². The summed E-state index contributed by atoms with van der Waals surface area (Å²) in [5.74, 6) is 0.317. The Bertz CT molecular complexity index is 1630. The lowest BCUT2D eigenvalue weighted by Gasteiger charge is -2.09. The van der Waals surface area contributed by atoms with Crippen molar-refractivity contribution in [2.24, 2.45) is 5.14 Å². The van der Waals surface area contributed by atoms with Crippen LogP contribution < -0.4 is 5.14 Å². The Morgan fingerprint density at radius 2 is 1.82 bits per heavy atom. The molecule has 34 heavy (non-hydrogen) atoms. The van der Waals surface area contributed by atoms with E-state index in [1.54, 1.807) is 16.8 Å². The molecule has 4 aromatic heterocycles. The summed E-state index contributed by atoms with van der Waals surface area (Å²) in [4.78, 5) is 9.19. The Balaban J connectivity index is 1.54. The molecule has 0 spiro atoms. The van der Waals surface area contributed by atoms with Crippen LogP contribution in [-0.4, -0.2) is 27.9 Å². The summed E-state index contributed by atoms with van der Waals surface area (Å²) in [5.41, 5.74) is 2.41. The molecule has 4 heterocycles. The molecule has 0 atom stereocenters. The Kier molecular flexibility index (Phi) is 5.07. The van der Waals surface area contributed by atoms with Crippen LogP contribution in [0.2, 0.25) is 0 Å². The fourth-order valence-corrected chi connectivity index (χ4v) is 5.10. The Morgan fingerprint density at radius 3 is 2.47 bits per heavy atom. The number of benzene rings is 1. The van der Waals surface area contributed by atoms with E-state index in [4.69, 9.17) is 9.66 Å². The number of aryl methyl sites for hydroxylation is 1. The van der Waals surface area contributed by atoms with Crippen LogP contribution in [0.25, 0.3) is 39.1 Å². The smallest absolute Gasteiger partial charge is 0.332 e. The van der Waals surface area contributed by atoms with Crippen molar-refractivity contribution < 1.29 is 26.1 Å². The van der Waals surface area contributed by atoms with Gasteiger partial charge < -0.3 is 4.52 Å². The van der Waals surface area contributed by atoms with Crippen molar-refractivity contribution in [2.75, 3.05) is 0 Å². The molecule has 8 nitrogen and oxygen atoms in total. The molecular weight excluding hydrogens is 491 g/mol. The molecule has 13 heteroatoms. The molecule has 0 bridgehead atoms. The summed E-state index contributed by atoms with van der Waals surface area (Å²) in [7, 11) is -3.85. The standard InChI is InChI=1S/C21H14F3N5O3S2/c1-11-8-13(12-2-4-14(5-3-12)21(22,23)24)10-29-15(9-26-19(11)29)20-27-18(28-32-20)16-6-7-17(33-16)34(25,30)31/h2-10H,1H3,(H2,25,30,31). The molecule has 0 radical (unpaired) electrons. The number of nitrogens with two attached hydrogens (primary N) is 1. The van der Waals surface area contributed by atoms with Gasteiger partial charge in [0.25, 0.3) is 5.89 Å². The molecule has 174 valence electrons. The first-order chi connectivity index (χ1) is 16.0. The van der Waals surface area contributed by atoms with Crippen molar-refractivity contribution in [1.82, 2.24) is 19.5 Å². The number of sulfonamides is 1. The number of fused-ring (bicyclic) bond motifs is 1. The third-order valence-corrected chi connectivity index (χ3v) is 7.58. The first kappa shape index (κ1) is 22.3. The lowest BCUT2D eigenvalue weighted by atomic mass is 10.0. The molecule has 0 unspecified atom stereocenters. The van der Waals surface area contributed by atoms with E-state index < -0.39 is 21.8 Å². The lowest BCUT2D eigenvalue weighted by molar-refractivity contribution is -0.137. The zero-order valence-corrected chi connectivity index (χ0v) is 18.9. The van der Waals surface area contributed by atoms with E-state index >= 15 is 0 Å². The summed E-state index contributed by atoms with van der Waals surface area (Å²) in [6.45, 7) is 1.83. The summed E-state index contributed by atoms with van der Waals surface area (Å²) < 4.78 is 68.8. The predicted octanol–water partition coefficient (Wildman–Crippen LogP) is 4.75. The number of aromatic nitrogens is 4. The van der Waals surface area contributed by atoms with E-state index in [9.17, 15) is 21.6 Å². The quantitative estimate of drug-likeness (QED) is 0.377. The second-order valence-corrected chi connectivity index (χ2v) is 10.3. The number of primary sulfonamides is 1. The van der Waals surface area contributed by atoms with Gasteiger partial charge in [0.2, 0.25) is 15.8 Å². The van der Waals surface area contributed by atoms with Crippen LogP contribution >= 0.6 is 11.3 Å². The molecule has 5 rings (SSSR count). The number of nitrogens with zero attached hydrogens (tertiary/aromatic N) is 4. The number of imidazole rings is 1. The first-order valence-corrected chi connectivity index (χ1v) is 12.0. The number of alkyl halides is 3. The van der Waals surface area contributed by atoms with E-state index in [2.05, 4.69) is 15.1 Å². The maximum Gasteiger partial charge on any atom is 0.416 e. The van der Waals surface area contributed by atoms with E-state index in [0.717, 1.165) is 29.0 Å². The van der Waals surface area contributed by atoms with Gasteiger partial charge in [-0.1, -0.05) is 17.3 Å². The molecule has 1 aromatic carbocycles. The maximum atomic E-state index is 12.9. The number of thiophene rings is 1. The number of hydrogen-bond acceptors (Lipinski definition) is 7. The highest BCUT2D eigenvalue weighted by molar-refractivity contribution is 7.91. The summed E-state index contributed by atoms with van der Waals surface area (Å²) in [6, 6.07) is 9.60. The number of halogens is 3. The van der Waals surface area contributed by atoms with Gasteiger partial charge in [-0.05, 0) is 53.9 Å². The predicted molar refractivity (Wildman–Crippen MR) is 118 cm³/mol. The average molecular weight is 506 g/mol. The first-order valence-electron chi connectivity index (χ1n) is 9.63. The third kappa shape index (κ3) is 3.97. The largest absolute Gasteiger partial charge is 0.416 e. The number of pyridine rings is 1. The fraction of sp³-hybridized carbons (Fsp3) is 0.0952. The lowest BCUT2D eigenvalue weighted by Crippen LogP contribution is -2.09. The molecule has 0 saturated carbocycles. The molecule has 0 amide bonds. The molecular formula is C21H14F3N5O3S2. The van der Waals surface area contributed by atoms with Gasteiger partial charge in [-0.3, -0.25) is 4.40 Å². The van der Waals surface area contributed by atoms with Crippen molar-refractivity contribution in [3.8, 4) is 33.4 Å². The highest BCUT2D eigenvalue weighted by atomic mass is 32.2. The van der Waals surface area contributed by atoms with Crippen LogP contribution in [0.15, 0.2) is 63.6 Å². The molecule has 0 fully saturated rings. The molecule has 0 aliphatic rings. The van der Waals surface area contributed by atoms with Gasteiger partial charge in [-0.25, -0.2) is 18.5 Å². The highest BCUT2D eigenvalue weighted by Gasteiger charge is 2.30. The second kappa shape index (κ2) is 7.75. The minimum Gasteiger partial charge on any atom is -0.332 e. The minimum absolute atomic E-state index is 0.0274. The van der Waals surface area contributed by atoms with E-state index in [0.29, 0.717) is 27.3 Å². The second-order valence-electron chi connectivity index (χ2n) is 7.41. The number of rotatable bonds is 4. The van der Waals surface area contributed by atoms with Crippen molar-refractivity contribution in [3.05, 3.63) is 66.0 Å². The monoisotopic (exact) mass is 505 g/mol. The van der Waals surface area contributed by atoms with Gasteiger partial charge in [-0.15, -0.1) is 11.3 Å². The molecule has 2 N–H and O–H groups in total. The van der Waals surface area contributed by atoms with Crippen molar-refractivity contribution >= 4 is 27.0 Å². The van der Waals surface area contributed by atoms with E-state index in [1.165, 1.54) is 24.3 Å². The molecule has 0 aliphatic heterocycles. The SMILES string of the molecule is Cc1cc(-c2ccc(C(F)(F)F)cc2)cn2c(-c3nc(-c4ccc(S(N)(=O)=O)s4)no3)cnc12. The Morgan fingerprint density at radius 1 is 1.09 bits per heavy atom. The Hall–Kier alpha value is -3.55. The van der Waals surface area contributed by atoms with Crippen molar-refractivity contribution in [1.29, 1.82) is 0 Å². The van der Waals surface area contributed by atoms with Crippen LogP contribution in [0.5, 0.6) is 0 Å². The van der Waals surface area contributed by atoms with Crippen molar-refractivity contribution in [3.63, 3.8) is 0 Å². The van der Waals surface area contributed by atoms with Gasteiger partial charge >= 0.3 is 6.18 Å².